The summed E-state index contributed by atoms with van der Waals surface area (Å²) in [4.78, 5) is 16.5. The van der Waals surface area contributed by atoms with Gasteiger partial charge in [-0.15, -0.1) is 0 Å². The summed E-state index contributed by atoms with van der Waals surface area (Å²) in [5, 5.41) is 15.4. The van der Waals surface area contributed by atoms with Gasteiger partial charge in [0, 0.05) is 19.7 Å². The number of aromatic nitrogens is 1. The number of anilines is 2. The average molecular weight is 286 g/mol. The summed E-state index contributed by atoms with van der Waals surface area (Å²) in [6.07, 6.45) is 1.61. The van der Waals surface area contributed by atoms with E-state index < -0.39 is 0 Å². The summed E-state index contributed by atoms with van der Waals surface area (Å²) in [5.74, 6) is 0.348. The van der Waals surface area contributed by atoms with Crippen LogP contribution in [-0.2, 0) is 0 Å². The molecule has 7 heteroatoms. The highest BCUT2D eigenvalue weighted by atomic mass is 32.1. The first-order valence-corrected chi connectivity index (χ1v) is 7.33. The standard InChI is InChI=1S/C12H22N4O2S/c1-3-8(5-6-17)7-15-11(18)9-10(13)16-12(19-9)14-4-2/h8,17H,3-7,13H2,1-2H3,(H,14,16)(H,15,18). The average Bonchev–Trinajstić information content (AvgIpc) is 2.75. The zero-order chi connectivity index (χ0) is 14.3. The fraction of sp³-hybridized carbons (Fsp3) is 0.667. The highest BCUT2D eigenvalue weighted by Crippen LogP contribution is 2.24. The van der Waals surface area contributed by atoms with E-state index in [2.05, 4.69) is 15.6 Å². The fourth-order valence-electron chi connectivity index (χ4n) is 1.67. The van der Waals surface area contributed by atoms with Gasteiger partial charge in [-0.3, -0.25) is 4.79 Å². The van der Waals surface area contributed by atoms with Crippen LogP contribution in [0.5, 0.6) is 0 Å². The van der Waals surface area contributed by atoms with E-state index in [0.29, 0.717) is 23.0 Å². The van der Waals surface area contributed by atoms with Crippen molar-refractivity contribution < 1.29 is 9.90 Å². The maximum Gasteiger partial charge on any atom is 0.265 e. The molecule has 0 spiro atoms. The minimum absolute atomic E-state index is 0.141. The molecule has 1 aromatic rings. The third-order valence-corrected chi connectivity index (χ3v) is 3.88. The number of nitrogens with two attached hydrogens (primary N) is 1. The third kappa shape index (κ3) is 4.68. The molecule has 0 saturated heterocycles. The maximum atomic E-state index is 12.0. The Morgan fingerprint density at radius 3 is 2.84 bits per heavy atom. The normalized spacial score (nSPS) is 12.2. The molecular formula is C12H22N4O2S. The van der Waals surface area contributed by atoms with E-state index in [1.54, 1.807) is 0 Å². The van der Waals surface area contributed by atoms with Gasteiger partial charge in [-0.1, -0.05) is 24.7 Å². The lowest BCUT2D eigenvalue weighted by Crippen LogP contribution is -2.29. The molecule has 0 saturated carbocycles. The van der Waals surface area contributed by atoms with Gasteiger partial charge in [0.15, 0.2) is 5.13 Å². The van der Waals surface area contributed by atoms with E-state index in [1.807, 2.05) is 13.8 Å². The number of hydrogen-bond acceptors (Lipinski definition) is 6. The van der Waals surface area contributed by atoms with Gasteiger partial charge in [0.1, 0.15) is 10.7 Å². The Balaban J connectivity index is 2.57. The molecule has 6 nitrogen and oxygen atoms in total. The van der Waals surface area contributed by atoms with Crippen LogP contribution in [0.25, 0.3) is 0 Å². The van der Waals surface area contributed by atoms with Gasteiger partial charge in [-0.25, -0.2) is 4.98 Å². The van der Waals surface area contributed by atoms with Gasteiger partial charge in [-0.05, 0) is 19.3 Å². The van der Waals surface area contributed by atoms with Crippen molar-refractivity contribution in [2.75, 3.05) is 30.7 Å². The number of aliphatic hydroxyl groups excluding tert-OH is 1. The lowest BCUT2D eigenvalue weighted by molar-refractivity contribution is 0.0948. The fourth-order valence-corrected chi connectivity index (χ4v) is 2.54. The lowest BCUT2D eigenvalue weighted by atomic mass is 10.0. The van der Waals surface area contributed by atoms with E-state index in [1.165, 1.54) is 11.3 Å². The number of aliphatic hydroxyl groups is 1. The van der Waals surface area contributed by atoms with Crippen LogP contribution < -0.4 is 16.4 Å². The van der Waals surface area contributed by atoms with Crippen molar-refractivity contribution in [3.05, 3.63) is 4.88 Å². The van der Waals surface area contributed by atoms with E-state index in [4.69, 9.17) is 10.8 Å². The van der Waals surface area contributed by atoms with Gasteiger partial charge >= 0.3 is 0 Å². The number of hydrogen-bond donors (Lipinski definition) is 4. The number of thiazole rings is 1. The van der Waals surface area contributed by atoms with Gasteiger partial charge in [0.2, 0.25) is 0 Å². The zero-order valence-electron chi connectivity index (χ0n) is 11.4. The Morgan fingerprint density at radius 1 is 1.53 bits per heavy atom. The largest absolute Gasteiger partial charge is 0.396 e. The number of carbonyl (C=O) groups is 1. The van der Waals surface area contributed by atoms with Crippen molar-refractivity contribution in [3.8, 4) is 0 Å². The van der Waals surface area contributed by atoms with E-state index in [-0.39, 0.29) is 24.2 Å². The van der Waals surface area contributed by atoms with Gasteiger partial charge < -0.3 is 21.5 Å². The van der Waals surface area contributed by atoms with Gasteiger partial charge in [0.05, 0.1) is 0 Å². The smallest absolute Gasteiger partial charge is 0.265 e. The molecule has 0 fully saturated rings. The molecule has 0 aliphatic carbocycles. The summed E-state index contributed by atoms with van der Waals surface area (Å²) in [5.41, 5.74) is 5.73. The predicted octanol–water partition coefficient (Wildman–Crippen LogP) is 1.30. The predicted molar refractivity (Wildman–Crippen MR) is 78.5 cm³/mol. The van der Waals surface area contributed by atoms with E-state index >= 15 is 0 Å². The maximum absolute atomic E-state index is 12.0. The van der Waals surface area contributed by atoms with Crippen molar-refractivity contribution in [3.63, 3.8) is 0 Å². The molecule has 0 aliphatic heterocycles. The monoisotopic (exact) mass is 286 g/mol. The lowest BCUT2D eigenvalue weighted by Gasteiger charge is -2.13. The third-order valence-electron chi connectivity index (χ3n) is 2.85. The second-order valence-electron chi connectivity index (χ2n) is 4.26. The number of nitrogens with one attached hydrogen (secondary N) is 2. The molecule has 1 aromatic heterocycles. The SMILES string of the molecule is CCNc1nc(N)c(C(=O)NCC(CC)CCO)s1. The van der Waals surface area contributed by atoms with Crippen molar-refractivity contribution in [1.29, 1.82) is 0 Å². The first kappa shape index (κ1) is 15.7. The van der Waals surface area contributed by atoms with Crippen molar-refractivity contribution in [1.82, 2.24) is 10.3 Å². The van der Waals surface area contributed by atoms with Crippen LogP contribution in [0.2, 0.25) is 0 Å². The van der Waals surface area contributed by atoms with Crippen molar-refractivity contribution >= 4 is 28.2 Å². The molecule has 1 rings (SSSR count). The first-order valence-electron chi connectivity index (χ1n) is 6.51. The van der Waals surface area contributed by atoms with Crippen LogP contribution in [-0.4, -0.2) is 35.7 Å². The van der Waals surface area contributed by atoms with Crippen molar-refractivity contribution in [2.24, 2.45) is 5.92 Å². The summed E-state index contributed by atoms with van der Waals surface area (Å²) in [6.45, 7) is 5.42. The molecule has 19 heavy (non-hydrogen) atoms. The number of nitrogen functional groups attached to an aromatic ring is 1. The van der Waals surface area contributed by atoms with Crippen LogP contribution >= 0.6 is 11.3 Å². The zero-order valence-corrected chi connectivity index (χ0v) is 12.2. The molecule has 1 amide bonds. The van der Waals surface area contributed by atoms with Crippen LogP contribution in [0, 0.1) is 5.92 Å². The van der Waals surface area contributed by atoms with E-state index in [9.17, 15) is 4.79 Å². The van der Waals surface area contributed by atoms with Crippen molar-refractivity contribution in [2.45, 2.75) is 26.7 Å². The second-order valence-corrected chi connectivity index (χ2v) is 5.26. The van der Waals surface area contributed by atoms with Crippen LogP contribution in [0.3, 0.4) is 0 Å². The number of nitrogens with zero attached hydrogens (tertiary/aromatic N) is 1. The Kier molecular flexibility index (Phi) is 6.58. The molecule has 0 aliphatic rings. The Hall–Kier alpha value is -1.34. The van der Waals surface area contributed by atoms with Crippen LogP contribution in [0.15, 0.2) is 0 Å². The minimum Gasteiger partial charge on any atom is -0.396 e. The number of carbonyl (C=O) groups excluding carboxylic acids is 1. The Bertz CT molecular complexity index is 408. The summed E-state index contributed by atoms with van der Waals surface area (Å²) >= 11 is 1.26. The quantitative estimate of drug-likeness (QED) is 0.577. The van der Waals surface area contributed by atoms with Gasteiger partial charge in [-0.2, -0.15) is 0 Å². The summed E-state index contributed by atoms with van der Waals surface area (Å²) in [7, 11) is 0. The Morgan fingerprint density at radius 2 is 2.26 bits per heavy atom. The first-order chi connectivity index (χ1) is 9.12. The van der Waals surface area contributed by atoms with E-state index in [0.717, 1.165) is 13.0 Å². The summed E-state index contributed by atoms with van der Waals surface area (Å²) < 4.78 is 0. The van der Waals surface area contributed by atoms with Crippen LogP contribution in [0.1, 0.15) is 36.4 Å². The molecule has 108 valence electrons. The minimum atomic E-state index is -0.199. The molecule has 1 heterocycles. The summed E-state index contributed by atoms with van der Waals surface area (Å²) in [6, 6.07) is 0. The second kappa shape index (κ2) is 7.96. The highest BCUT2D eigenvalue weighted by molar-refractivity contribution is 7.18. The molecule has 1 atom stereocenters. The molecular weight excluding hydrogens is 264 g/mol. The number of amides is 1. The topological polar surface area (TPSA) is 100 Å². The van der Waals surface area contributed by atoms with Crippen LogP contribution in [0.4, 0.5) is 10.9 Å². The molecule has 1 unspecified atom stereocenters. The molecule has 5 N–H and O–H groups in total. The molecule has 0 bridgehead atoms. The Labute approximate surface area is 117 Å². The number of rotatable bonds is 8. The molecule has 0 radical (unpaired) electrons. The van der Waals surface area contributed by atoms with Gasteiger partial charge in [0.25, 0.3) is 5.91 Å². The molecule has 0 aromatic carbocycles. The highest BCUT2D eigenvalue weighted by Gasteiger charge is 2.16.